The van der Waals surface area contributed by atoms with E-state index in [1.807, 2.05) is 17.0 Å². The van der Waals surface area contributed by atoms with Crippen LogP contribution in [0.4, 0.5) is 4.79 Å². The van der Waals surface area contributed by atoms with Gasteiger partial charge in [-0.15, -0.1) is 0 Å². The maximum Gasteiger partial charge on any atom is 0.337 e. The first-order chi connectivity index (χ1) is 14.7. The van der Waals surface area contributed by atoms with Crippen LogP contribution in [-0.2, 0) is 19.6 Å². The molecule has 0 aliphatic carbocycles. The third kappa shape index (κ3) is 5.44. The number of rotatable bonds is 7. The maximum absolute atomic E-state index is 13.0. The Morgan fingerprint density at radius 1 is 1.13 bits per heavy atom. The number of ether oxygens (including phenoxy) is 1. The molecule has 0 radical (unpaired) electrons. The standard InChI is InChI=1S/C21H30N4O5S/c1-4-30-20(26)18-13-22-21(27)23-19(18)14-24-9-11-25(12-10-24)31(28,29)17-7-5-16(6-8-17)15(2)3/h5-8,15H,4,9-14H2,1-3H3,(H2,22,23,27). The minimum absolute atomic E-state index is 0.112. The topological polar surface area (TPSA) is 108 Å². The summed E-state index contributed by atoms with van der Waals surface area (Å²) in [4.78, 5) is 26.2. The summed E-state index contributed by atoms with van der Waals surface area (Å²) < 4.78 is 32.5. The summed E-state index contributed by atoms with van der Waals surface area (Å²) in [6.45, 7) is 8.22. The number of urea groups is 1. The molecule has 2 aliphatic rings. The number of amides is 2. The summed E-state index contributed by atoms with van der Waals surface area (Å²) in [6, 6.07) is 6.68. The van der Waals surface area contributed by atoms with Gasteiger partial charge < -0.3 is 15.4 Å². The van der Waals surface area contributed by atoms with E-state index in [1.165, 1.54) is 4.31 Å². The Hall–Kier alpha value is -2.43. The number of esters is 1. The summed E-state index contributed by atoms with van der Waals surface area (Å²) in [5.74, 6) is -0.124. The third-order valence-electron chi connectivity index (χ3n) is 5.47. The van der Waals surface area contributed by atoms with Gasteiger partial charge in [0.25, 0.3) is 0 Å². The molecule has 1 aromatic carbocycles. The van der Waals surface area contributed by atoms with Gasteiger partial charge in [0.15, 0.2) is 0 Å². The first-order valence-electron chi connectivity index (χ1n) is 10.5. The van der Waals surface area contributed by atoms with Crippen LogP contribution in [-0.4, -0.2) is 75.5 Å². The zero-order chi connectivity index (χ0) is 22.6. The van der Waals surface area contributed by atoms with Crippen LogP contribution < -0.4 is 10.6 Å². The smallest absolute Gasteiger partial charge is 0.337 e. The molecule has 0 atom stereocenters. The summed E-state index contributed by atoms with van der Waals surface area (Å²) >= 11 is 0. The van der Waals surface area contributed by atoms with Gasteiger partial charge in [-0.2, -0.15) is 4.31 Å². The highest BCUT2D eigenvalue weighted by Gasteiger charge is 2.30. The number of hydrogen-bond acceptors (Lipinski definition) is 6. The summed E-state index contributed by atoms with van der Waals surface area (Å²) in [5, 5.41) is 5.27. The predicted octanol–water partition coefficient (Wildman–Crippen LogP) is 1.25. The fourth-order valence-electron chi connectivity index (χ4n) is 3.61. The van der Waals surface area contributed by atoms with E-state index in [9.17, 15) is 18.0 Å². The second kappa shape index (κ2) is 9.80. The summed E-state index contributed by atoms with van der Waals surface area (Å²) in [5.41, 5.74) is 1.99. The van der Waals surface area contributed by atoms with Crippen molar-refractivity contribution < 1.29 is 22.7 Å². The molecule has 3 rings (SSSR count). The van der Waals surface area contributed by atoms with Crippen molar-refractivity contribution in [2.75, 3.05) is 45.9 Å². The van der Waals surface area contributed by atoms with Crippen LogP contribution >= 0.6 is 0 Å². The van der Waals surface area contributed by atoms with E-state index in [2.05, 4.69) is 24.5 Å². The molecule has 2 amide bonds. The number of sulfonamides is 1. The van der Waals surface area contributed by atoms with Crippen molar-refractivity contribution >= 4 is 22.0 Å². The van der Waals surface area contributed by atoms with Gasteiger partial charge in [0.05, 0.1) is 23.6 Å². The number of nitrogens with one attached hydrogen (secondary N) is 2. The Balaban J connectivity index is 1.65. The van der Waals surface area contributed by atoms with Crippen LogP contribution in [0.5, 0.6) is 0 Å². The highest BCUT2D eigenvalue weighted by atomic mass is 32.2. The van der Waals surface area contributed by atoms with Gasteiger partial charge in [0.2, 0.25) is 10.0 Å². The van der Waals surface area contributed by atoms with Crippen molar-refractivity contribution in [2.45, 2.75) is 31.6 Å². The molecule has 0 bridgehead atoms. The molecule has 10 heteroatoms. The number of carbonyl (C=O) groups is 2. The normalized spacial score (nSPS) is 18.6. The highest BCUT2D eigenvalue weighted by Crippen LogP contribution is 2.21. The second-order valence-corrected chi connectivity index (χ2v) is 9.83. The van der Waals surface area contributed by atoms with Crippen LogP contribution in [0.1, 0.15) is 32.3 Å². The first-order valence-corrected chi connectivity index (χ1v) is 11.9. The molecule has 0 spiro atoms. The van der Waals surface area contributed by atoms with Gasteiger partial charge in [0, 0.05) is 38.4 Å². The molecular weight excluding hydrogens is 420 g/mol. The zero-order valence-corrected chi connectivity index (χ0v) is 19.0. The van der Waals surface area contributed by atoms with Crippen LogP contribution in [0, 0.1) is 0 Å². The molecule has 1 saturated heterocycles. The quantitative estimate of drug-likeness (QED) is 0.606. The van der Waals surface area contributed by atoms with E-state index in [4.69, 9.17) is 4.74 Å². The maximum atomic E-state index is 13.0. The van der Waals surface area contributed by atoms with Crippen LogP contribution in [0.25, 0.3) is 0 Å². The average Bonchev–Trinajstić information content (AvgIpc) is 2.74. The predicted molar refractivity (Wildman–Crippen MR) is 116 cm³/mol. The van der Waals surface area contributed by atoms with E-state index >= 15 is 0 Å². The molecule has 2 N–H and O–H groups in total. The lowest BCUT2D eigenvalue weighted by molar-refractivity contribution is -0.138. The van der Waals surface area contributed by atoms with E-state index in [-0.39, 0.29) is 19.2 Å². The fourth-order valence-corrected chi connectivity index (χ4v) is 5.03. The minimum Gasteiger partial charge on any atom is -0.463 e. The number of carbonyl (C=O) groups excluding carboxylic acids is 2. The van der Waals surface area contributed by atoms with Crippen LogP contribution in [0.3, 0.4) is 0 Å². The number of benzene rings is 1. The molecule has 1 fully saturated rings. The molecule has 9 nitrogen and oxygen atoms in total. The van der Waals surface area contributed by atoms with E-state index in [0.717, 1.165) is 5.56 Å². The van der Waals surface area contributed by atoms with Crippen molar-refractivity contribution in [1.29, 1.82) is 0 Å². The third-order valence-corrected chi connectivity index (χ3v) is 7.39. The van der Waals surface area contributed by atoms with Gasteiger partial charge in [-0.3, -0.25) is 4.90 Å². The Morgan fingerprint density at radius 2 is 1.77 bits per heavy atom. The van der Waals surface area contributed by atoms with E-state index in [0.29, 0.717) is 54.8 Å². The number of nitrogens with zero attached hydrogens (tertiary/aromatic N) is 2. The lowest BCUT2D eigenvalue weighted by Crippen LogP contribution is -2.52. The van der Waals surface area contributed by atoms with Crippen molar-refractivity contribution in [2.24, 2.45) is 0 Å². The van der Waals surface area contributed by atoms with E-state index < -0.39 is 16.0 Å². The highest BCUT2D eigenvalue weighted by molar-refractivity contribution is 7.89. The van der Waals surface area contributed by atoms with Crippen LogP contribution in [0.2, 0.25) is 0 Å². The monoisotopic (exact) mass is 450 g/mol. The summed E-state index contributed by atoms with van der Waals surface area (Å²) in [7, 11) is -3.56. The SMILES string of the molecule is CCOC(=O)C1=C(CN2CCN(S(=O)(=O)c3ccc(C(C)C)cc3)CC2)NC(=O)NC1. The second-order valence-electron chi connectivity index (χ2n) is 7.89. The molecule has 0 aromatic heterocycles. The average molecular weight is 451 g/mol. The minimum atomic E-state index is -3.56. The molecule has 0 unspecified atom stereocenters. The van der Waals surface area contributed by atoms with Gasteiger partial charge in [-0.05, 0) is 30.5 Å². The Bertz CT molecular complexity index is 948. The molecule has 31 heavy (non-hydrogen) atoms. The van der Waals surface area contributed by atoms with Gasteiger partial charge in [-0.25, -0.2) is 18.0 Å². The van der Waals surface area contributed by atoms with Crippen LogP contribution in [0.15, 0.2) is 40.4 Å². The molecule has 0 saturated carbocycles. The van der Waals surface area contributed by atoms with E-state index in [1.54, 1.807) is 19.1 Å². The van der Waals surface area contributed by atoms with Crippen molar-refractivity contribution in [3.8, 4) is 0 Å². The molecule has 1 aromatic rings. The Morgan fingerprint density at radius 3 is 2.35 bits per heavy atom. The number of hydrogen-bond donors (Lipinski definition) is 2. The fraction of sp³-hybridized carbons (Fsp3) is 0.524. The van der Waals surface area contributed by atoms with Gasteiger partial charge >= 0.3 is 12.0 Å². The molecule has 2 aliphatic heterocycles. The Labute approximate surface area is 183 Å². The van der Waals surface area contributed by atoms with Crippen molar-refractivity contribution in [3.05, 3.63) is 41.1 Å². The molecule has 2 heterocycles. The first kappa shape index (κ1) is 23.2. The van der Waals surface area contributed by atoms with Gasteiger partial charge in [-0.1, -0.05) is 26.0 Å². The molecule has 170 valence electrons. The Kier molecular flexibility index (Phi) is 7.34. The van der Waals surface area contributed by atoms with Crippen molar-refractivity contribution in [1.82, 2.24) is 19.8 Å². The van der Waals surface area contributed by atoms with Gasteiger partial charge in [0.1, 0.15) is 0 Å². The number of piperazine rings is 1. The lowest BCUT2D eigenvalue weighted by Gasteiger charge is -2.35. The van der Waals surface area contributed by atoms with Crippen molar-refractivity contribution in [3.63, 3.8) is 0 Å². The molecular formula is C21H30N4O5S. The largest absolute Gasteiger partial charge is 0.463 e. The zero-order valence-electron chi connectivity index (χ0n) is 18.2. The summed E-state index contributed by atoms with van der Waals surface area (Å²) in [6.07, 6.45) is 0. The lowest BCUT2D eigenvalue weighted by atomic mass is 10.0.